The van der Waals surface area contributed by atoms with E-state index >= 15 is 0 Å². The second kappa shape index (κ2) is 42.7. The summed E-state index contributed by atoms with van der Waals surface area (Å²) in [6.45, 7) is 18.4. The maximum absolute atomic E-state index is 4.60. The van der Waals surface area contributed by atoms with Gasteiger partial charge in [-0.2, -0.15) is 0 Å². The van der Waals surface area contributed by atoms with Gasteiger partial charge in [-0.05, 0) is 12.8 Å². The third-order valence-electron chi connectivity index (χ3n) is 1.39. The molecular weight excluding hydrogens is 156 g/mol. The Labute approximate surface area is 86.4 Å². The molecular formula is C13H28. The summed E-state index contributed by atoms with van der Waals surface area (Å²) in [5.41, 5.74) is 0. The lowest BCUT2D eigenvalue weighted by molar-refractivity contribution is 0.544. The van der Waals surface area contributed by atoms with Gasteiger partial charge in [0.1, 0.15) is 0 Å². The second-order valence-corrected chi connectivity index (χ2v) is 2.21. The van der Waals surface area contributed by atoms with Gasteiger partial charge in [-0.15, -0.1) is 25.5 Å². The monoisotopic (exact) mass is 184 g/mol. The van der Waals surface area contributed by atoms with Crippen LogP contribution < -0.4 is 0 Å². The van der Waals surface area contributed by atoms with Crippen LogP contribution in [0.25, 0.3) is 0 Å². The minimum absolute atomic E-state index is 0.935. The molecule has 0 atom stereocenters. The van der Waals surface area contributed by atoms with E-state index in [4.69, 9.17) is 0 Å². The van der Waals surface area contributed by atoms with Crippen LogP contribution in [0.1, 0.15) is 54.4 Å². The van der Waals surface area contributed by atoms with Crippen LogP contribution in [0.3, 0.4) is 0 Å². The second-order valence-electron chi connectivity index (χ2n) is 2.21. The molecule has 0 aliphatic carbocycles. The van der Waals surface area contributed by atoms with Crippen LogP contribution in [0.4, 0.5) is 0 Å². The molecule has 0 heteroatoms. The molecule has 80 valence electrons. The van der Waals surface area contributed by atoms with E-state index in [2.05, 4.69) is 46.3 Å². The Kier molecular flexibility index (Phi) is 74.8. The fourth-order valence-corrected chi connectivity index (χ4v) is 0.289. The molecule has 0 saturated carbocycles. The Hall–Kier alpha value is -0.700. The summed E-state index contributed by atoms with van der Waals surface area (Å²) in [7, 11) is 0. The first-order chi connectivity index (χ1) is 6.22. The van der Waals surface area contributed by atoms with E-state index < -0.39 is 0 Å². The van der Waals surface area contributed by atoms with Crippen LogP contribution in [-0.4, -0.2) is 0 Å². The third-order valence-corrected chi connectivity index (χ3v) is 1.39. The summed E-state index contributed by atoms with van der Waals surface area (Å²) in [5, 5.41) is 0. The number of hydrogen-bond acceptors (Lipinski definition) is 0. The van der Waals surface area contributed by atoms with Gasteiger partial charge >= 0.3 is 0 Å². The Morgan fingerprint density at radius 3 is 1.31 bits per heavy atom. The summed E-state index contributed by atoms with van der Waals surface area (Å²) in [5.74, 6) is 3.19. The minimum Gasteiger partial charge on any atom is -0.120 e. The van der Waals surface area contributed by atoms with Crippen LogP contribution in [0.5, 0.6) is 0 Å². The average molecular weight is 184 g/mol. The molecule has 0 aromatic carbocycles. The topological polar surface area (TPSA) is 0 Å². The lowest BCUT2D eigenvalue weighted by Gasteiger charge is -1.98. The molecule has 0 nitrogen and oxygen atoms in total. The van der Waals surface area contributed by atoms with Gasteiger partial charge in [0.05, 0.1) is 0 Å². The molecule has 0 N–H and O–H groups in total. The minimum atomic E-state index is 0.935. The average Bonchev–Trinajstić information content (AvgIpc) is 2.24. The van der Waals surface area contributed by atoms with Gasteiger partial charge in [0.25, 0.3) is 0 Å². The highest BCUT2D eigenvalue weighted by Gasteiger charge is 1.88. The molecule has 13 heavy (non-hydrogen) atoms. The summed E-state index contributed by atoms with van der Waals surface area (Å²) < 4.78 is 0. The van der Waals surface area contributed by atoms with Crippen molar-refractivity contribution in [2.75, 3.05) is 0 Å². The molecule has 0 aromatic heterocycles. The molecule has 0 radical (unpaired) electrons. The van der Waals surface area contributed by atoms with Crippen molar-refractivity contribution in [2.24, 2.45) is 5.92 Å². The fraction of sp³-hybridized carbons (Fsp3) is 0.692. The number of terminal acetylenes is 1. The van der Waals surface area contributed by atoms with Crippen molar-refractivity contribution in [3.05, 3.63) is 13.2 Å². The molecule has 0 aliphatic heterocycles. The van der Waals surface area contributed by atoms with Gasteiger partial charge in [0.2, 0.25) is 0 Å². The van der Waals surface area contributed by atoms with Gasteiger partial charge in [0.15, 0.2) is 0 Å². The molecule has 0 aliphatic rings. The highest BCUT2D eigenvalue weighted by atomic mass is 13.9. The first kappa shape index (κ1) is 22.8. The van der Waals surface area contributed by atoms with E-state index in [1.165, 1.54) is 12.8 Å². The van der Waals surface area contributed by atoms with Crippen LogP contribution in [0.2, 0.25) is 0 Å². The van der Waals surface area contributed by atoms with Gasteiger partial charge < -0.3 is 0 Å². The molecule has 0 spiro atoms. The first-order valence-electron chi connectivity index (χ1n) is 5.10. The van der Waals surface area contributed by atoms with E-state index in [-0.39, 0.29) is 0 Å². The summed E-state index contributed by atoms with van der Waals surface area (Å²) >= 11 is 0. The normalized spacial score (nSPS) is 6.00. The lowest BCUT2D eigenvalue weighted by Crippen LogP contribution is -1.85. The number of hydrogen-bond donors (Lipinski definition) is 0. The standard InChI is InChI=1S/C6H14.C3H4.C2H6.C2H4/c1-4-6(3)5-2;1-3-2;2*1-2/h6H,4-5H2,1-3H3;1H,2H3;1-2H3;1-2H2. The van der Waals surface area contributed by atoms with Gasteiger partial charge in [0, 0.05) is 0 Å². The van der Waals surface area contributed by atoms with Crippen molar-refractivity contribution >= 4 is 0 Å². The van der Waals surface area contributed by atoms with Crippen molar-refractivity contribution in [1.82, 2.24) is 0 Å². The molecule has 0 aromatic rings. The zero-order valence-corrected chi connectivity index (χ0v) is 10.5. The summed E-state index contributed by atoms with van der Waals surface area (Å²) in [6.07, 6.45) is 7.26. The smallest absolute Gasteiger partial charge is 0.00297 e. The summed E-state index contributed by atoms with van der Waals surface area (Å²) in [4.78, 5) is 0. The van der Waals surface area contributed by atoms with E-state index in [9.17, 15) is 0 Å². The van der Waals surface area contributed by atoms with Crippen LogP contribution in [0.15, 0.2) is 13.2 Å². The maximum Gasteiger partial charge on any atom is -0.00297 e. The van der Waals surface area contributed by atoms with Crippen molar-refractivity contribution < 1.29 is 0 Å². The number of rotatable bonds is 2. The van der Waals surface area contributed by atoms with Crippen molar-refractivity contribution in [3.63, 3.8) is 0 Å². The molecule has 0 heterocycles. The Morgan fingerprint density at radius 2 is 1.31 bits per heavy atom. The van der Waals surface area contributed by atoms with Crippen molar-refractivity contribution in [2.45, 2.75) is 54.4 Å². The van der Waals surface area contributed by atoms with Crippen LogP contribution in [-0.2, 0) is 0 Å². The summed E-state index contributed by atoms with van der Waals surface area (Å²) in [6, 6.07) is 0. The quantitative estimate of drug-likeness (QED) is 0.422. The van der Waals surface area contributed by atoms with Gasteiger partial charge in [-0.3, -0.25) is 0 Å². The third kappa shape index (κ3) is 89.7. The Balaban J connectivity index is -0.0000000493. The largest absolute Gasteiger partial charge is 0.120 e. The predicted octanol–water partition coefficient (Wildman–Crippen LogP) is 4.91. The fourth-order valence-electron chi connectivity index (χ4n) is 0.289. The van der Waals surface area contributed by atoms with Crippen molar-refractivity contribution in [1.29, 1.82) is 0 Å². The zero-order chi connectivity index (χ0) is 11.7. The van der Waals surface area contributed by atoms with E-state index in [1.807, 2.05) is 13.8 Å². The molecule has 0 unspecified atom stereocenters. The maximum atomic E-state index is 4.60. The molecule has 0 amide bonds. The molecule has 0 saturated heterocycles. The van der Waals surface area contributed by atoms with Gasteiger partial charge in [-0.25, -0.2) is 0 Å². The lowest BCUT2D eigenvalue weighted by atomic mass is 10.1. The Bertz CT molecular complexity index is 72.5. The molecule has 0 rings (SSSR count). The van der Waals surface area contributed by atoms with E-state index in [0.717, 1.165) is 5.92 Å². The molecule has 0 fully saturated rings. The van der Waals surface area contributed by atoms with Crippen LogP contribution in [0, 0.1) is 18.3 Å². The SMILES string of the molecule is C#CC.C=C.CC.CCC(C)CC. The first-order valence-corrected chi connectivity index (χ1v) is 5.10. The highest BCUT2D eigenvalue weighted by Crippen LogP contribution is 2.02. The Morgan fingerprint density at radius 1 is 1.15 bits per heavy atom. The van der Waals surface area contributed by atoms with Gasteiger partial charge in [-0.1, -0.05) is 47.5 Å². The zero-order valence-electron chi connectivity index (χ0n) is 10.5. The molecule has 0 bridgehead atoms. The van der Waals surface area contributed by atoms with Crippen LogP contribution >= 0.6 is 0 Å². The predicted molar refractivity (Wildman–Crippen MR) is 66.9 cm³/mol. The highest BCUT2D eigenvalue weighted by molar-refractivity contribution is 4.73. The van der Waals surface area contributed by atoms with Crippen molar-refractivity contribution in [3.8, 4) is 12.3 Å². The van der Waals surface area contributed by atoms with E-state index in [0.29, 0.717) is 0 Å². The van der Waals surface area contributed by atoms with E-state index in [1.54, 1.807) is 6.92 Å².